The van der Waals surface area contributed by atoms with Crippen molar-refractivity contribution in [2.45, 2.75) is 38.8 Å². The Balaban J connectivity index is 1.96. The molecule has 1 aliphatic rings. The summed E-state index contributed by atoms with van der Waals surface area (Å²) in [6, 6.07) is 9.24. The van der Waals surface area contributed by atoms with E-state index in [4.69, 9.17) is 4.74 Å². The fourth-order valence-electron chi connectivity index (χ4n) is 3.32. The number of rotatable bonds is 4. The van der Waals surface area contributed by atoms with Crippen molar-refractivity contribution in [1.29, 1.82) is 0 Å². The van der Waals surface area contributed by atoms with Crippen molar-refractivity contribution in [2.75, 3.05) is 13.7 Å². The molecule has 0 radical (unpaired) electrons. The van der Waals surface area contributed by atoms with Gasteiger partial charge in [-0.3, -0.25) is 4.79 Å². The van der Waals surface area contributed by atoms with Crippen LogP contribution in [0.4, 0.5) is 0 Å². The number of hydrogen-bond donors (Lipinski definition) is 1. The van der Waals surface area contributed by atoms with E-state index in [0.29, 0.717) is 36.3 Å². The highest BCUT2D eigenvalue weighted by atomic mass is 16.5. The second-order valence-corrected chi connectivity index (χ2v) is 6.34. The predicted octanol–water partition coefficient (Wildman–Crippen LogP) is 2.30. The van der Waals surface area contributed by atoms with Crippen molar-refractivity contribution in [3.63, 3.8) is 0 Å². The zero-order valence-corrected chi connectivity index (χ0v) is 14.8. The van der Waals surface area contributed by atoms with Gasteiger partial charge >= 0.3 is 0 Å². The quantitative estimate of drug-likeness (QED) is 0.923. The lowest BCUT2D eigenvalue weighted by Gasteiger charge is -2.25. The predicted molar refractivity (Wildman–Crippen MR) is 93.5 cm³/mol. The minimum Gasteiger partial charge on any atom is -0.497 e. The summed E-state index contributed by atoms with van der Waals surface area (Å²) in [5.74, 6) is 0.626. The molecule has 6 heteroatoms. The first kappa shape index (κ1) is 17.4. The Hall–Kier alpha value is -2.47. The maximum Gasteiger partial charge on any atom is 0.256 e. The van der Waals surface area contributed by atoms with Crippen LogP contribution in [-0.2, 0) is 6.42 Å². The molecule has 3 rings (SSSR count). The number of β-amino-alcohol motifs (C(OH)–C–C–N with tert-alkyl or cyclic N) is 1. The van der Waals surface area contributed by atoms with Gasteiger partial charge in [0.05, 0.1) is 36.2 Å². The van der Waals surface area contributed by atoms with Gasteiger partial charge in [0.15, 0.2) is 0 Å². The van der Waals surface area contributed by atoms with Gasteiger partial charge in [-0.15, -0.1) is 0 Å². The monoisotopic (exact) mass is 341 g/mol. The maximum atomic E-state index is 13.2. The molecule has 132 valence electrons. The molecule has 1 fully saturated rings. The van der Waals surface area contributed by atoms with E-state index in [1.807, 2.05) is 38.1 Å². The molecule has 25 heavy (non-hydrogen) atoms. The van der Waals surface area contributed by atoms with E-state index in [0.717, 1.165) is 11.3 Å². The lowest BCUT2D eigenvalue weighted by molar-refractivity contribution is 0.0713. The number of aliphatic hydroxyl groups is 1. The van der Waals surface area contributed by atoms with Gasteiger partial charge in [-0.05, 0) is 43.5 Å². The number of hydrogen-bond acceptors (Lipinski definition) is 5. The van der Waals surface area contributed by atoms with Crippen molar-refractivity contribution < 1.29 is 14.6 Å². The number of aliphatic hydroxyl groups excluding tert-OH is 1. The summed E-state index contributed by atoms with van der Waals surface area (Å²) in [6.45, 7) is 4.08. The van der Waals surface area contributed by atoms with Crippen molar-refractivity contribution in [2.24, 2.45) is 0 Å². The van der Waals surface area contributed by atoms with Gasteiger partial charge in [-0.25, -0.2) is 0 Å². The first-order chi connectivity index (χ1) is 12.0. The fraction of sp³-hybridized carbons (Fsp3) is 0.421. The van der Waals surface area contributed by atoms with Crippen LogP contribution in [0.3, 0.4) is 0 Å². The summed E-state index contributed by atoms with van der Waals surface area (Å²) in [7, 11) is 1.62. The summed E-state index contributed by atoms with van der Waals surface area (Å²) in [4.78, 5) is 14.9. The second-order valence-electron chi connectivity index (χ2n) is 6.34. The number of aryl methyl sites for hydroxylation is 2. The van der Waals surface area contributed by atoms with Crippen LogP contribution in [0.5, 0.6) is 5.75 Å². The SMILES string of the molecule is CCc1nnc(C)cc1C(=O)N1C[C@H](O)C[C@H]1c1cccc(OC)c1. The number of likely N-dealkylation sites (tertiary alicyclic amines) is 1. The van der Waals surface area contributed by atoms with Crippen LogP contribution in [0.25, 0.3) is 0 Å². The molecule has 0 aliphatic carbocycles. The number of nitrogens with zero attached hydrogens (tertiary/aromatic N) is 3. The van der Waals surface area contributed by atoms with E-state index in [1.165, 1.54) is 0 Å². The highest BCUT2D eigenvalue weighted by Crippen LogP contribution is 2.35. The Morgan fingerprint density at radius 3 is 2.88 bits per heavy atom. The molecule has 0 unspecified atom stereocenters. The van der Waals surface area contributed by atoms with E-state index < -0.39 is 6.10 Å². The summed E-state index contributed by atoms with van der Waals surface area (Å²) in [6.07, 6.45) is 0.605. The molecule has 0 spiro atoms. The van der Waals surface area contributed by atoms with E-state index in [1.54, 1.807) is 18.1 Å². The normalized spacial score (nSPS) is 19.9. The fourth-order valence-corrected chi connectivity index (χ4v) is 3.32. The van der Waals surface area contributed by atoms with Gasteiger partial charge in [0.2, 0.25) is 0 Å². The first-order valence-corrected chi connectivity index (χ1v) is 8.49. The molecule has 2 heterocycles. The van der Waals surface area contributed by atoms with Crippen molar-refractivity contribution in [3.8, 4) is 5.75 Å². The Kier molecular flexibility index (Phi) is 4.99. The van der Waals surface area contributed by atoms with Gasteiger partial charge in [0, 0.05) is 6.54 Å². The molecule has 2 atom stereocenters. The van der Waals surface area contributed by atoms with Crippen LogP contribution >= 0.6 is 0 Å². The second kappa shape index (κ2) is 7.19. The summed E-state index contributed by atoms with van der Waals surface area (Å²) in [5, 5.41) is 18.4. The molecule has 1 aromatic heterocycles. The number of benzene rings is 1. The summed E-state index contributed by atoms with van der Waals surface area (Å²) >= 11 is 0. The van der Waals surface area contributed by atoms with Crippen LogP contribution in [0.15, 0.2) is 30.3 Å². The van der Waals surface area contributed by atoms with Crippen LogP contribution in [0, 0.1) is 6.92 Å². The average Bonchev–Trinajstić information content (AvgIpc) is 3.03. The molecule has 1 saturated heterocycles. The lowest BCUT2D eigenvalue weighted by Crippen LogP contribution is -2.32. The summed E-state index contributed by atoms with van der Waals surface area (Å²) in [5.41, 5.74) is 2.91. The molecule has 1 amide bonds. The van der Waals surface area contributed by atoms with Gasteiger partial charge in [0.1, 0.15) is 5.75 Å². The van der Waals surface area contributed by atoms with Crippen molar-refractivity contribution in [3.05, 3.63) is 52.8 Å². The number of carbonyl (C=O) groups is 1. The molecular formula is C19H23N3O3. The van der Waals surface area contributed by atoms with Gasteiger partial charge in [-0.2, -0.15) is 10.2 Å². The average molecular weight is 341 g/mol. The minimum absolute atomic E-state index is 0.112. The third-order valence-electron chi connectivity index (χ3n) is 4.58. The highest BCUT2D eigenvalue weighted by Gasteiger charge is 2.36. The first-order valence-electron chi connectivity index (χ1n) is 8.49. The molecule has 1 N–H and O–H groups in total. The van der Waals surface area contributed by atoms with Crippen LogP contribution in [0.2, 0.25) is 0 Å². The number of methoxy groups -OCH3 is 1. The number of ether oxygens (including phenoxy) is 1. The topological polar surface area (TPSA) is 75.6 Å². The highest BCUT2D eigenvalue weighted by molar-refractivity contribution is 5.95. The Morgan fingerprint density at radius 1 is 1.36 bits per heavy atom. The Bertz CT molecular complexity index is 778. The van der Waals surface area contributed by atoms with E-state index in [-0.39, 0.29) is 11.9 Å². The van der Waals surface area contributed by atoms with Crippen molar-refractivity contribution in [1.82, 2.24) is 15.1 Å². The minimum atomic E-state index is -0.541. The van der Waals surface area contributed by atoms with E-state index >= 15 is 0 Å². The maximum absolute atomic E-state index is 13.2. The van der Waals surface area contributed by atoms with Crippen molar-refractivity contribution >= 4 is 5.91 Å². The zero-order chi connectivity index (χ0) is 18.0. The molecule has 2 aromatic rings. The molecule has 0 saturated carbocycles. The molecular weight excluding hydrogens is 318 g/mol. The number of aromatic nitrogens is 2. The Morgan fingerprint density at radius 2 is 2.16 bits per heavy atom. The number of carbonyl (C=O) groups excluding carboxylic acids is 1. The van der Waals surface area contributed by atoms with Crippen LogP contribution in [0.1, 0.15) is 46.7 Å². The van der Waals surface area contributed by atoms with E-state index in [2.05, 4.69) is 10.2 Å². The van der Waals surface area contributed by atoms with Gasteiger partial charge in [0.25, 0.3) is 5.91 Å². The van der Waals surface area contributed by atoms with E-state index in [9.17, 15) is 9.90 Å². The van der Waals surface area contributed by atoms with Gasteiger partial charge in [-0.1, -0.05) is 19.1 Å². The molecule has 1 aromatic carbocycles. The number of amides is 1. The Labute approximate surface area is 147 Å². The molecule has 1 aliphatic heterocycles. The summed E-state index contributed by atoms with van der Waals surface area (Å²) < 4.78 is 5.29. The lowest BCUT2D eigenvalue weighted by atomic mass is 10.0. The zero-order valence-electron chi connectivity index (χ0n) is 14.8. The standard InChI is InChI=1S/C19H23N3O3/c1-4-17-16(8-12(2)20-21-17)19(24)22-11-14(23)10-18(22)13-6-5-7-15(9-13)25-3/h5-9,14,18,23H,4,10-11H2,1-3H3/t14-,18+/m1/s1. The third kappa shape index (κ3) is 3.49. The van der Waals surface area contributed by atoms with Gasteiger partial charge < -0.3 is 14.7 Å². The smallest absolute Gasteiger partial charge is 0.256 e. The van der Waals surface area contributed by atoms with Crippen LogP contribution in [-0.4, -0.2) is 45.9 Å². The largest absolute Gasteiger partial charge is 0.497 e. The molecule has 6 nitrogen and oxygen atoms in total. The third-order valence-corrected chi connectivity index (χ3v) is 4.58. The van der Waals surface area contributed by atoms with Crippen LogP contribution < -0.4 is 4.74 Å². The molecule has 0 bridgehead atoms.